The molecule has 2 aromatic heterocycles. The summed E-state index contributed by atoms with van der Waals surface area (Å²) in [6.45, 7) is 3.77. The lowest BCUT2D eigenvalue weighted by atomic mass is 10.3. The summed E-state index contributed by atoms with van der Waals surface area (Å²) in [6.07, 6.45) is 1.41. The summed E-state index contributed by atoms with van der Waals surface area (Å²) in [4.78, 5) is 18.8. The van der Waals surface area contributed by atoms with Crippen LogP contribution in [0.25, 0.3) is 5.78 Å². The first-order valence-electron chi connectivity index (χ1n) is 4.61. The molecule has 0 amide bonds. The average Bonchev–Trinajstić information content (AvgIpc) is 2.65. The molecule has 0 saturated heterocycles. The summed E-state index contributed by atoms with van der Waals surface area (Å²) in [6, 6.07) is 0. The summed E-state index contributed by atoms with van der Waals surface area (Å²) < 4.78 is 1.57. The van der Waals surface area contributed by atoms with Crippen molar-refractivity contribution in [1.29, 1.82) is 0 Å². The van der Waals surface area contributed by atoms with Crippen molar-refractivity contribution in [3.05, 3.63) is 17.6 Å². The van der Waals surface area contributed by atoms with Gasteiger partial charge < -0.3 is 5.11 Å². The Labute approximate surface area is 95.7 Å². The number of rotatable bonds is 3. The molecule has 0 atom stereocenters. The van der Waals surface area contributed by atoms with Crippen LogP contribution in [0.3, 0.4) is 0 Å². The smallest absolute Gasteiger partial charge is 0.313 e. The van der Waals surface area contributed by atoms with Crippen molar-refractivity contribution < 1.29 is 9.90 Å². The molecular weight excluding hydrogens is 228 g/mol. The number of hydrogen-bond acceptors (Lipinski definition) is 5. The number of carboxylic acid groups (broad SMARTS) is 1. The lowest BCUT2D eigenvalue weighted by molar-refractivity contribution is -0.133. The van der Waals surface area contributed by atoms with Gasteiger partial charge in [-0.3, -0.25) is 4.79 Å². The van der Waals surface area contributed by atoms with Crippen LogP contribution in [0, 0.1) is 13.8 Å². The Morgan fingerprint density at radius 3 is 3.00 bits per heavy atom. The topological polar surface area (TPSA) is 80.4 Å². The summed E-state index contributed by atoms with van der Waals surface area (Å²) in [5.74, 6) is -0.359. The van der Waals surface area contributed by atoms with Crippen molar-refractivity contribution in [3.63, 3.8) is 0 Å². The third-order valence-electron chi connectivity index (χ3n) is 2.19. The number of aryl methyl sites for hydroxylation is 1. The largest absolute Gasteiger partial charge is 0.481 e. The second kappa shape index (κ2) is 4.09. The van der Waals surface area contributed by atoms with E-state index in [-0.39, 0.29) is 5.75 Å². The van der Waals surface area contributed by atoms with Crippen molar-refractivity contribution in [2.45, 2.75) is 18.9 Å². The number of aromatic nitrogens is 4. The van der Waals surface area contributed by atoms with Crippen molar-refractivity contribution >= 4 is 23.5 Å². The van der Waals surface area contributed by atoms with Crippen LogP contribution in [0.2, 0.25) is 0 Å². The molecule has 0 aromatic carbocycles. The molecule has 2 aromatic rings. The van der Waals surface area contributed by atoms with Crippen LogP contribution in [0.4, 0.5) is 0 Å². The summed E-state index contributed by atoms with van der Waals surface area (Å²) >= 11 is 1.22. The lowest BCUT2D eigenvalue weighted by Crippen LogP contribution is -2.05. The molecule has 0 bridgehead atoms. The fourth-order valence-corrected chi connectivity index (χ4v) is 2.18. The van der Waals surface area contributed by atoms with Gasteiger partial charge in [-0.2, -0.15) is 14.6 Å². The Morgan fingerprint density at radius 1 is 1.56 bits per heavy atom. The fourth-order valence-electron chi connectivity index (χ4n) is 1.30. The zero-order valence-corrected chi connectivity index (χ0v) is 9.65. The number of aliphatic carboxylic acids is 1. The van der Waals surface area contributed by atoms with E-state index in [0.717, 1.165) is 16.3 Å². The second-order valence-corrected chi connectivity index (χ2v) is 4.25. The first-order valence-corrected chi connectivity index (χ1v) is 5.59. The van der Waals surface area contributed by atoms with E-state index in [9.17, 15) is 4.79 Å². The third kappa shape index (κ3) is 1.85. The number of carbonyl (C=O) groups is 1. The van der Waals surface area contributed by atoms with E-state index >= 15 is 0 Å². The van der Waals surface area contributed by atoms with Gasteiger partial charge in [0.15, 0.2) is 0 Å². The maximum absolute atomic E-state index is 10.6. The predicted octanol–water partition coefficient (Wildman–Crippen LogP) is 0.918. The van der Waals surface area contributed by atoms with Gasteiger partial charge in [-0.15, -0.1) is 0 Å². The van der Waals surface area contributed by atoms with E-state index in [2.05, 4.69) is 15.1 Å². The van der Waals surface area contributed by atoms with Gasteiger partial charge in [0.2, 0.25) is 0 Å². The van der Waals surface area contributed by atoms with Crippen LogP contribution in [0.5, 0.6) is 0 Å². The highest BCUT2D eigenvalue weighted by molar-refractivity contribution is 7.99. The molecule has 6 nitrogen and oxygen atoms in total. The van der Waals surface area contributed by atoms with E-state index < -0.39 is 5.97 Å². The Balaban J connectivity index is 2.51. The average molecular weight is 238 g/mol. The fraction of sp³-hybridized carbons (Fsp3) is 0.333. The monoisotopic (exact) mass is 238 g/mol. The van der Waals surface area contributed by atoms with Gasteiger partial charge in [-0.25, -0.2) is 4.98 Å². The molecule has 16 heavy (non-hydrogen) atoms. The van der Waals surface area contributed by atoms with Crippen molar-refractivity contribution in [3.8, 4) is 0 Å². The van der Waals surface area contributed by atoms with Crippen molar-refractivity contribution in [1.82, 2.24) is 19.6 Å². The van der Waals surface area contributed by atoms with Gasteiger partial charge in [-0.05, 0) is 13.8 Å². The molecule has 7 heteroatoms. The van der Waals surface area contributed by atoms with E-state index in [1.54, 1.807) is 4.52 Å². The van der Waals surface area contributed by atoms with Gasteiger partial charge in [0.05, 0.1) is 5.75 Å². The summed E-state index contributed by atoms with van der Waals surface area (Å²) in [5.41, 5.74) is 1.78. The first kappa shape index (κ1) is 10.9. The second-order valence-electron chi connectivity index (χ2n) is 3.28. The van der Waals surface area contributed by atoms with Crippen LogP contribution < -0.4 is 0 Å². The van der Waals surface area contributed by atoms with Crippen LogP contribution >= 0.6 is 11.8 Å². The van der Waals surface area contributed by atoms with E-state index in [1.165, 1.54) is 18.1 Å². The Kier molecular flexibility index (Phi) is 2.78. The highest BCUT2D eigenvalue weighted by atomic mass is 32.2. The molecule has 0 fully saturated rings. The highest BCUT2D eigenvalue weighted by Crippen LogP contribution is 2.23. The Morgan fingerprint density at radius 2 is 2.31 bits per heavy atom. The standard InChI is InChI=1S/C9H10N4O2S/c1-5-6(2)12-9-10-4-11-13(9)8(5)16-3-7(14)15/h4H,3H2,1-2H3,(H,14,15). The van der Waals surface area contributed by atoms with E-state index in [4.69, 9.17) is 5.11 Å². The van der Waals surface area contributed by atoms with E-state index in [0.29, 0.717) is 5.78 Å². The van der Waals surface area contributed by atoms with Gasteiger partial charge in [0.1, 0.15) is 11.4 Å². The minimum absolute atomic E-state index is 0.000741. The molecule has 1 N–H and O–H groups in total. The van der Waals surface area contributed by atoms with Gasteiger partial charge >= 0.3 is 5.97 Å². The summed E-state index contributed by atoms with van der Waals surface area (Å²) in [7, 11) is 0. The quantitative estimate of drug-likeness (QED) is 0.632. The summed E-state index contributed by atoms with van der Waals surface area (Å²) in [5, 5.41) is 13.5. The zero-order valence-electron chi connectivity index (χ0n) is 8.84. The van der Waals surface area contributed by atoms with Crippen molar-refractivity contribution in [2.75, 3.05) is 5.75 Å². The first-order chi connectivity index (χ1) is 7.59. The molecule has 2 heterocycles. The predicted molar refractivity (Wildman–Crippen MR) is 58.6 cm³/mol. The van der Waals surface area contributed by atoms with Crippen LogP contribution in [0.15, 0.2) is 11.4 Å². The number of nitrogens with zero attached hydrogens (tertiary/aromatic N) is 4. The van der Waals surface area contributed by atoms with Gasteiger partial charge in [0.25, 0.3) is 5.78 Å². The molecule has 2 rings (SSSR count). The molecule has 0 radical (unpaired) electrons. The lowest BCUT2D eigenvalue weighted by Gasteiger charge is -2.07. The number of thioether (sulfide) groups is 1. The highest BCUT2D eigenvalue weighted by Gasteiger charge is 2.12. The number of carboxylic acids is 1. The van der Waals surface area contributed by atoms with Crippen LogP contribution in [-0.2, 0) is 4.79 Å². The molecule has 0 aliphatic carbocycles. The SMILES string of the molecule is Cc1nc2ncnn2c(SCC(=O)O)c1C. The minimum atomic E-state index is -0.855. The zero-order chi connectivity index (χ0) is 11.7. The molecule has 84 valence electrons. The maximum atomic E-state index is 10.6. The normalized spacial score (nSPS) is 10.9. The van der Waals surface area contributed by atoms with Gasteiger partial charge in [-0.1, -0.05) is 11.8 Å². The third-order valence-corrected chi connectivity index (χ3v) is 3.33. The minimum Gasteiger partial charge on any atom is -0.481 e. The maximum Gasteiger partial charge on any atom is 0.313 e. The number of fused-ring (bicyclic) bond motifs is 1. The van der Waals surface area contributed by atoms with Gasteiger partial charge in [0, 0.05) is 11.3 Å². The van der Waals surface area contributed by atoms with E-state index in [1.807, 2.05) is 13.8 Å². The molecule has 0 saturated carbocycles. The molecule has 0 aliphatic rings. The van der Waals surface area contributed by atoms with Crippen molar-refractivity contribution in [2.24, 2.45) is 0 Å². The number of hydrogen-bond donors (Lipinski definition) is 1. The molecule has 0 spiro atoms. The van der Waals surface area contributed by atoms with Crippen LogP contribution in [0.1, 0.15) is 11.3 Å². The molecular formula is C9H10N4O2S. The van der Waals surface area contributed by atoms with Crippen LogP contribution in [-0.4, -0.2) is 36.4 Å². The Bertz CT molecular complexity index is 552. The Hall–Kier alpha value is -1.63. The molecule has 0 unspecified atom stereocenters. The molecule has 0 aliphatic heterocycles.